The first-order chi connectivity index (χ1) is 9.99. The van der Waals surface area contributed by atoms with Gasteiger partial charge in [-0.1, -0.05) is 12.1 Å². The van der Waals surface area contributed by atoms with Gasteiger partial charge in [0.05, 0.1) is 24.3 Å². The van der Waals surface area contributed by atoms with Crippen molar-refractivity contribution in [3.8, 4) is 0 Å². The van der Waals surface area contributed by atoms with Crippen LogP contribution in [0.4, 0.5) is 4.79 Å². The molecule has 0 aliphatic carbocycles. The summed E-state index contributed by atoms with van der Waals surface area (Å²) in [7, 11) is 0. The first kappa shape index (κ1) is 15.3. The summed E-state index contributed by atoms with van der Waals surface area (Å²) < 4.78 is 5.49. The van der Waals surface area contributed by atoms with E-state index in [-0.39, 0.29) is 23.7 Å². The van der Waals surface area contributed by atoms with Crippen molar-refractivity contribution in [2.45, 2.75) is 32.5 Å². The SMILES string of the molecule is CC1OCCN(C(=O)NCc2ccc(C(=O)O)cc2)C1C. The smallest absolute Gasteiger partial charge is 0.335 e. The molecule has 0 aromatic heterocycles. The highest BCUT2D eigenvalue weighted by atomic mass is 16.5. The van der Waals surface area contributed by atoms with E-state index in [1.165, 1.54) is 12.1 Å². The summed E-state index contributed by atoms with van der Waals surface area (Å²) in [6, 6.07) is 6.38. The molecule has 1 aromatic carbocycles. The highest BCUT2D eigenvalue weighted by molar-refractivity contribution is 5.87. The minimum absolute atomic E-state index is 0.0272. The molecule has 21 heavy (non-hydrogen) atoms. The van der Waals surface area contributed by atoms with E-state index in [0.29, 0.717) is 19.7 Å². The lowest BCUT2D eigenvalue weighted by molar-refractivity contribution is -0.0376. The molecule has 6 nitrogen and oxygen atoms in total. The van der Waals surface area contributed by atoms with Gasteiger partial charge in [0.2, 0.25) is 0 Å². The van der Waals surface area contributed by atoms with Crippen LogP contribution >= 0.6 is 0 Å². The van der Waals surface area contributed by atoms with E-state index in [2.05, 4.69) is 5.32 Å². The summed E-state index contributed by atoms with van der Waals surface area (Å²) >= 11 is 0. The first-order valence-corrected chi connectivity index (χ1v) is 6.97. The van der Waals surface area contributed by atoms with Crippen LogP contribution in [0.15, 0.2) is 24.3 Å². The van der Waals surface area contributed by atoms with Gasteiger partial charge in [0.1, 0.15) is 0 Å². The minimum Gasteiger partial charge on any atom is -0.478 e. The highest BCUT2D eigenvalue weighted by Crippen LogP contribution is 2.13. The predicted octanol–water partition coefficient (Wildman–Crippen LogP) is 1.70. The van der Waals surface area contributed by atoms with Crippen molar-refractivity contribution in [3.05, 3.63) is 35.4 Å². The molecular formula is C15H20N2O4. The fraction of sp³-hybridized carbons (Fsp3) is 0.467. The number of aromatic carboxylic acids is 1. The van der Waals surface area contributed by atoms with E-state index in [4.69, 9.17) is 9.84 Å². The number of carbonyl (C=O) groups is 2. The van der Waals surface area contributed by atoms with Gasteiger partial charge in [0.15, 0.2) is 0 Å². The van der Waals surface area contributed by atoms with Crippen LogP contribution in [0.1, 0.15) is 29.8 Å². The lowest BCUT2D eigenvalue weighted by atomic mass is 10.1. The summed E-state index contributed by atoms with van der Waals surface area (Å²) in [6.45, 7) is 5.42. The van der Waals surface area contributed by atoms with Crippen LogP contribution in [0.2, 0.25) is 0 Å². The maximum absolute atomic E-state index is 12.2. The maximum atomic E-state index is 12.2. The molecule has 0 spiro atoms. The second kappa shape index (κ2) is 6.58. The number of hydrogen-bond acceptors (Lipinski definition) is 3. The molecule has 1 aliphatic rings. The van der Waals surface area contributed by atoms with Gasteiger partial charge in [0.25, 0.3) is 0 Å². The van der Waals surface area contributed by atoms with Crippen LogP contribution in [-0.2, 0) is 11.3 Å². The summed E-state index contributed by atoms with van der Waals surface area (Å²) in [6.07, 6.45) is 0.0272. The number of hydrogen-bond donors (Lipinski definition) is 2. The van der Waals surface area contributed by atoms with Crippen LogP contribution < -0.4 is 5.32 Å². The number of nitrogens with zero attached hydrogens (tertiary/aromatic N) is 1. The van der Waals surface area contributed by atoms with Gasteiger partial charge in [0, 0.05) is 13.1 Å². The average Bonchev–Trinajstić information content (AvgIpc) is 2.48. The van der Waals surface area contributed by atoms with Gasteiger partial charge >= 0.3 is 12.0 Å². The molecule has 2 unspecified atom stereocenters. The molecule has 114 valence electrons. The van der Waals surface area contributed by atoms with Crippen LogP contribution in [0.25, 0.3) is 0 Å². The Morgan fingerprint density at radius 1 is 1.33 bits per heavy atom. The average molecular weight is 292 g/mol. The van der Waals surface area contributed by atoms with Crippen LogP contribution in [0.5, 0.6) is 0 Å². The fourth-order valence-corrected chi connectivity index (χ4v) is 2.26. The van der Waals surface area contributed by atoms with Gasteiger partial charge in [-0.3, -0.25) is 0 Å². The Hall–Kier alpha value is -2.08. The van der Waals surface area contributed by atoms with Gasteiger partial charge in [-0.25, -0.2) is 9.59 Å². The predicted molar refractivity (Wildman–Crippen MR) is 77.2 cm³/mol. The minimum atomic E-state index is -0.957. The zero-order valence-corrected chi connectivity index (χ0v) is 12.2. The second-order valence-corrected chi connectivity index (χ2v) is 5.17. The molecule has 2 amide bonds. The van der Waals surface area contributed by atoms with E-state index in [1.54, 1.807) is 17.0 Å². The Balaban J connectivity index is 1.90. The Morgan fingerprint density at radius 3 is 2.62 bits per heavy atom. The second-order valence-electron chi connectivity index (χ2n) is 5.17. The van der Waals surface area contributed by atoms with Gasteiger partial charge in [-0.2, -0.15) is 0 Å². The maximum Gasteiger partial charge on any atom is 0.335 e. The monoisotopic (exact) mass is 292 g/mol. The van der Waals surface area contributed by atoms with Crippen LogP contribution in [0.3, 0.4) is 0 Å². The van der Waals surface area contributed by atoms with Crippen molar-refractivity contribution in [1.82, 2.24) is 10.2 Å². The van der Waals surface area contributed by atoms with E-state index in [9.17, 15) is 9.59 Å². The van der Waals surface area contributed by atoms with Crippen molar-refractivity contribution in [3.63, 3.8) is 0 Å². The number of ether oxygens (including phenoxy) is 1. The summed E-state index contributed by atoms with van der Waals surface area (Å²) in [4.78, 5) is 24.7. The number of benzene rings is 1. The molecule has 2 N–H and O–H groups in total. The largest absolute Gasteiger partial charge is 0.478 e. The topological polar surface area (TPSA) is 78.9 Å². The molecule has 0 bridgehead atoms. The highest BCUT2D eigenvalue weighted by Gasteiger charge is 2.28. The molecule has 0 saturated carbocycles. The Morgan fingerprint density at radius 2 is 2.00 bits per heavy atom. The molecule has 1 fully saturated rings. The number of carboxylic acid groups (broad SMARTS) is 1. The molecule has 6 heteroatoms. The quantitative estimate of drug-likeness (QED) is 0.889. The summed E-state index contributed by atoms with van der Waals surface area (Å²) in [5.74, 6) is -0.957. The normalized spacial score (nSPS) is 21.9. The lowest BCUT2D eigenvalue weighted by Crippen LogP contribution is -2.54. The lowest BCUT2D eigenvalue weighted by Gasteiger charge is -2.37. The number of rotatable bonds is 3. The molecular weight excluding hydrogens is 272 g/mol. The van der Waals surface area contributed by atoms with E-state index in [0.717, 1.165) is 5.56 Å². The van der Waals surface area contributed by atoms with Gasteiger partial charge < -0.3 is 20.1 Å². The molecule has 1 aromatic rings. The number of carboxylic acids is 1. The standard InChI is InChI=1S/C15H20N2O4/c1-10-11(2)21-8-7-17(10)15(20)16-9-12-3-5-13(6-4-12)14(18)19/h3-6,10-11H,7-9H2,1-2H3,(H,16,20)(H,18,19). The van der Waals surface area contributed by atoms with Gasteiger partial charge in [-0.15, -0.1) is 0 Å². The van der Waals surface area contributed by atoms with Crippen molar-refractivity contribution in [1.29, 1.82) is 0 Å². The van der Waals surface area contributed by atoms with E-state index in [1.807, 2.05) is 13.8 Å². The van der Waals surface area contributed by atoms with Gasteiger partial charge in [-0.05, 0) is 31.5 Å². The van der Waals surface area contributed by atoms with Crippen molar-refractivity contribution < 1.29 is 19.4 Å². The zero-order valence-electron chi connectivity index (χ0n) is 12.2. The summed E-state index contributed by atoms with van der Waals surface area (Å²) in [5.41, 5.74) is 1.10. The van der Waals surface area contributed by atoms with Crippen molar-refractivity contribution in [2.75, 3.05) is 13.2 Å². The number of morpholine rings is 1. The third-order valence-electron chi connectivity index (χ3n) is 3.79. The molecule has 2 atom stereocenters. The Labute approximate surface area is 123 Å². The summed E-state index contributed by atoms with van der Waals surface area (Å²) in [5, 5.41) is 11.7. The fourth-order valence-electron chi connectivity index (χ4n) is 2.26. The third-order valence-corrected chi connectivity index (χ3v) is 3.79. The Kier molecular flexibility index (Phi) is 4.80. The van der Waals surface area contributed by atoms with E-state index < -0.39 is 5.97 Å². The van der Waals surface area contributed by atoms with Crippen LogP contribution in [-0.4, -0.2) is 47.3 Å². The molecule has 1 saturated heterocycles. The third kappa shape index (κ3) is 3.72. The number of amides is 2. The van der Waals surface area contributed by atoms with E-state index >= 15 is 0 Å². The molecule has 0 radical (unpaired) electrons. The van der Waals surface area contributed by atoms with Crippen molar-refractivity contribution >= 4 is 12.0 Å². The zero-order chi connectivity index (χ0) is 15.4. The molecule has 1 aliphatic heterocycles. The van der Waals surface area contributed by atoms with Crippen LogP contribution in [0, 0.1) is 0 Å². The first-order valence-electron chi connectivity index (χ1n) is 6.97. The number of nitrogens with one attached hydrogen (secondary N) is 1. The molecule has 2 rings (SSSR count). The number of carbonyl (C=O) groups excluding carboxylic acids is 1. The Bertz CT molecular complexity index is 515. The van der Waals surface area contributed by atoms with Crippen molar-refractivity contribution in [2.24, 2.45) is 0 Å². The molecule has 1 heterocycles. The number of urea groups is 1.